The number of aromatic nitrogens is 1. The Morgan fingerprint density at radius 3 is 2.81 bits per heavy atom. The predicted molar refractivity (Wildman–Crippen MR) is 147 cm³/mol. The number of oxime groups is 1. The minimum atomic E-state index is -1.35. The molecule has 1 saturated heterocycles. The fourth-order valence-corrected chi connectivity index (χ4v) is 5.82. The summed E-state index contributed by atoms with van der Waals surface area (Å²) in [6.07, 6.45) is -2.40. The molecule has 220 valence electrons. The molecule has 3 heterocycles. The Balaban J connectivity index is 1.54. The molecule has 2 aliphatic heterocycles. The zero-order valence-corrected chi connectivity index (χ0v) is 23.8. The first-order chi connectivity index (χ1) is 20.2. The first kappa shape index (κ1) is 30.1. The van der Waals surface area contributed by atoms with Crippen molar-refractivity contribution in [3.63, 3.8) is 0 Å². The maximum absolute atomic E-state index is 13.3. The Morgan fingerprint density at radius 1 is 1.36 bits per heavy atom. The van der Waals surface area contributed by atoms with Gasteiger partial charge < -0.3 is 35.2 Å². The molecule has 1 aromatic carbocycles. The molecule has 4 N–H and O–H groups in total. The second-order valence-corrected chi connectivity index (χ2v) is 10.5. The molecule has 0 radical (unpaired) electrons. The lowest BCUT2D eigenvalue weighted by Gasteiger charge is -2.49. The number of nitriles is 1. The maximum atomic E-state index is 13.3. The fraction of sp³-hybridized carbons (Fsp3) is 0.320. The molecule has 2 aliphatic rings. The topological polar surface area (TPSA) is 216 Å². The molecule has 3 atom stereocenters. The number of carbonyl (C=O) groups excluding carboxylic acids is 4. The van der Waals surface area contributed by atoms with E-state index in [1.54, 1.807) is 25.1 Å². The number of esters is 1. The van der Waals surface area contributed by atoms with Gasteiger partial charge in [-0.1, -0.05) is 11.2 Å². The van der Waals surface area contributed by atoms with E-state index in [0.717, 1.165) is 16.2 Å². The van der Waals surface area contributed by atoms with E-state index in [9.17, 15) is 24.4 Å². The summed E-state index contributed by atoms with van der Waals surface area (Å²) in [6, 6.07) is 7.31. The molecule has 0 saturated carbocycles. The number of benzene rings is 1. The molecule has 42 heavy (non-hydrogen) atoms. The van der Waals surface area contributed by atoms with Crippen molar-refractivity contribution in [1.29, 1.82) is 5.26 Å². The van der Waals surface area contributed by atoms with Gasteiger partial charge in [-0.25, -0.2) is 14.6 Å². The first-order valence-corrected chi connectivity index (χ1v) is 14.2. The molecule has 1 aromatic heterocycles. The number of thioether (sulfide) groups is 1. The van der Waals surface area contributed by atoms with Gasteiger partial charge in [0.05, 0.1) is 18.2 Å². The molecular formula is C25H24N6O9S2. The molecule has 1 fully saturated rings. The number of hydrogen-bond donors (Lipinski definition) is 3. The highest BCUT2D eigenvalue weighted by molar-refractivity contribution is 8.00. The zero-order chi connectivity index (χ0) is 30.4. The highest BCUT2D eigenvalue weighted by Gasteiger charge is 2.55. The van der Waals surface area contributed by atoms with Crippen LogP contribution in [0.15, 0.2) is 46.1 Å². The zero-order valence-electron chi connectivity index (χ0n) is 22.1. The van der Waals surface area contributed by atoms with Gasteiger partial charge in [0.25, 0.3) is 11.8 Å². The Morgan fingerprint density at radius 2 is 2.14 bits per heavy atom. The third-order valence-corrected chi connectivity index (χ3v) is 7.79. The van der Waals surface area contributed by atoms with Crippen molar-refractivity contribution in [2.24, 2.45) is 5.16 Å². The van der Waals surface area contributed by atoms with Crippen LogP contribution >= 0.6 is 23.1 Å². The largest absolute Gasteiger partial charge is 0.511 e. The van der Waals surface area contributed by atoms with E-state index in [2.05, 4.69) is 15.5 Å². The highest BCUT2D eigenvalue weighted by atomic mass is 32.2. The first-order valence-electron chi connectivity index (χ1n) is 12.2. The molecule has 2 amide bonds. The van der Waals surface area contributed by atoms with Crippen molar-refractivity contribution in [2.75, 3.05) is 24.7 Å². The lowest BCUT2D eigenvalue weighted by atomic mass is 10.0. The highest BCUT2D eigenvalue weighted by Crippen LogP contribution is 2.41. The summed E-state index contributed by atoms with van der Waals surface area (Å²) in [5.41, 5.74) is 5.78. The molecule has 0 aliphatic carbocycles. The molecule has 4 rings (SSSR count). The van der Waals surface area contributed by atoms with E-state index >= 15 is 0 Å². The normalized spacial score (nSPS) is 18.6. The van der Waals surface area contributed by atoms with Crippen LogP contribution in [0.3, 0.4) is 0 Å². The Hall–Kier alpha value is -4.82. The number of nitrogens with one attached hydrogen (secondary N) is 1. The van der Waals surface area contributed by atoms with Crippen LogP contribution in [0.1, 0.15) is 25.1 Å². The monoisotopic (exact) mass is 616 g/mol. The number of nitrogens with two attached hydrogens (primary N) is 1. The average molecular weight is 617 g/mol. The van der Waals surface area contributed by atoms with Crippen LogP contribution in [0, 0.1) is 11.3 Å². The van der Waals surface area contributed by atoms with Crippen LogP contribution in [0.2, 0.25) is 0 Å². The van der Waals surface area contributed by atoms with Gasteiger partial charge in [0, 0.05) is 23.6 Å². The minimum Gasteiger partial charge on any atom is -0.489 e. The van der Waals surface area contributed by atoms with Gasteiger partial charge in [0.1, 0.15) is 35.2 Å². The minimum absolute atomic E-state index is 0.0251. The number of fused-ring (bicyclic) bond motifs is 1. The summed E-state index contributed by atoms with van der Waals surface area (Å²) in [5, 5.41) is 24.9. The van der Waals surface area contributed by atoms with Gasteiger partial charge in [0.2, 0.25) is 6.29 Å². The van der Waals surface area contributed by atoms with Crippen LogP contribution in [0.4, 0.5) is 9.93 Å². The number of hydrogen-bond acceptors (Lipinski definition) is 15. The van der Waals surface area contributed by atoms with Crippen LogP contribution in [-0.2, 0) is 28.6 Å². The molecule has 15 nitrogen and oxygen atoms in total. The number of nitrogens with zero attached hydrogens (tertiary/aromatic N) is 4. The summed E-state index contributed by atoms with van der Waals surface area (Å²) < 4.78 is 20.7. The smallest absolute Gasteiger partial charge is 0.489 e. The van der Waals surface area contributed by atoms with Crippen LogP contribution in [0.25, 0.3) is 0 Å². The number of amides is 2. The third-order valence-electron chi connectivity index (χ3n) is 5.78. The van der Waals surface area contributed by atoms with Crippen molar-refractivity contribution in [1.82, 2.24) is 15.2 Å². The second-order valence-electron chi connectivity index (χ2n) is 8.53. The molecular weight excluding hydrogens is 592 g/mol. The third kappa shape index (κ3) is 6.56. The van der Waals surface area contributed by atoms with Gasteiger partial charge in [0.15, 0.2) is 10.8 Å². The molecule has 2 unspecified atom stereocenters. The van der Waals surface area contributed by atoms with Gasteiger partial charge in [-0.15, -0.1) is 23.1 Å². The van der Waals surface area contributed by atoms with E-state index in [1.807, 2.05) is 6.07 Å². The maximum Gasteiger partial charge on any atom is 0.511 e. The summed E-state index contributed by atoms with van der Waals surface area (Å²) in [5.74, 6) is -1.95. The van der Waals surface area contributed by atoms with Crippen molar-refractivity contribution in [2.45, 2.75) is 31.6 Å². The predicted octanol–water partition coefficient (Wildman–Crippen LogP) is 1.57. The van der Waals surface area contributed by atoms with Crippen molar-refractivity contribution < 1.29 is 43.3 Å². The summed E-state index contributed by atoms with van der Waals surface area (Å²) in [7, 11) is 0. The van der Waals surface area contributed by atoms with E-state index < -0.39 is 47.4 Å². The van der Waals surface area contributed by atoms with Crippen LogP contribution in [0.5, 0.6) is 5.75 Å². The van der Waals surface area contributed by atoms with Gasteiger partial charge in [-0.05, 0) is 25.1 Å². The lowest BCUT2D eigenvalue weighted by molar-refractivity contribution is -0.169. The summed E-state index contributed by atoms with van der Waals surface area (Å²) in [6.45, 7) is 2.79. The van der Waals surface area contributed by atoms with Crippen LogP contribution in [-0.4, -0.2) is 81.4 Å². The molecule has 0 bridgehead atoms. The van der Waals surface area contributed by atoms with E-state index in [-0.39, 0.29) is 35.5 Å². The number of anilines is 1. The van der Waals surface area contributed by atoms with Crippen LogP contribution < -0.4 is 15.8 Å². The number of β-lactam (4-membered cyclic amide) rings is 1. The fourth-order valence-electron chi connectivity index (χ4n) is 3.95. The Kier molecular flexibility index (Phi) is 9.49. The average Bonchev–Trinajstić information content (AvgIpc) is 3.40. The van der Waals surface area contributed by atoms with Gasteiger partial charge >= 0.3 is 12.1 Å². The molecule has 0 spiro atoms. The number of thiazole rings is 1. The number of nitrogen functional groups attached to an aromatic ring is 1. The van der Waals surface area contributed by atoms with Crippen molar-refractivity contribution in [3.8, 4) is 11.8 Å². The standard InChI is InChI=1S/C25H24N6O9S2/c1-3-37-25(35)40-12(2)39-23(34)19-14(9-38-15-6-4-5-13(7-15)8-26)10-41-22-18(21(33)31(19)22)29-20(32)17(30-36)16-11-42-24(27)28-16/h4-7,11-12,18,22,36H,3,9-10H2,1-2H3,(H2,27,28)(H,29,32)/t12?,18?,22-/m0/s1. The van der Waals surface area contributed by atoms with E-state index in [1.165, 1.54) is 30.1 Å². The quantitative estimate of drug-likeness (QED) is 0.0864. The Bertz CT molecular complexity index is 1500. The van der Waals surface area contributed by atoms with E-state index in [0.29, 0.717) is 16.9 Å². The summed E-state index contributed by atoms with van der Waals surface area (Å²) >= 11 is 2.28. The SMILES string of the molecule is CCOC(=O)OC(C)OC(=O)C1=C(COc2cccc(C#N)c2)CS[C@H]2C(NC(=O)C(=NO)c3csc(N)n3)C(=O)N12. The number of carbonyl (C=O) groups is 4. The second kappa shape index (κ2) is 13.2. The van der Waals surface area contributed by atoms with Crippen molar-refractivity contribution in [3.05, 3.63) is 52.2 Å². The number of ether oxygens (including phenoxy) is 4. The summed E-state index contributed by atoms with van der Waals surface area (Å²) in [4.78, 5) is 56.2. The van der Waals surface area contributed by atoms with Gasteiger partial charge in [-0.3, -0.25) is 14.5 Å². The Labute approximate surface area is 246 Å². The van der Waals surface area contributed by atoms with E-state index in [4.69, 9.17) is 29.9 Å². The van der Waals surface area contributed by atoms with Gasteiger partial charge in [-0.2, -0.15) is 5.26 Å². The molecule has 2 aromatic rings. The molecule has 17 heteroatoms. The number of rotatable bonds is 10. The lowest BCUT2D eigenvalue weighted by Crippen LogP contribution is -2.71. The van der Waals surface area contributed by atoms with Crippen molar-refractivity contribution >= 4 is 57.9 Å².